The van der Waals surface area contributed by atoms with Crippen molar-refractivity contribution in [3.63, 3.8) is 0 Å². The second kappa shape index (κ2) is 10.6. The van der Waals surface area contributed by atoms with Crippen molar-refractivity contribution in [2.75, 3.05) is 13.2 Å². The molecule has 2 amide bonds. The predicted molar refractivity (Wildman–Crippen MR) is 106 cm³/mol. The molecule has 1 heterocycles. The van der Waals surface area contributed by atoms with Crippen molar-refractivity contribution in [1.29, 1.82) is 0 Å². The van der Waals surface area contributed by atoms with Crippen molar-refractivity contribution in [3.05, 3.63) is 58.8 Å². The fraction of sp³-hybridized carbons (Fsp3) is 0.350. The van der Waals surface area contributed by atoms with Gasteiger partial charge in [0.2, 0.25) is 5.76 Å². The maximum atomic E-state index is 13.3. The van der Waals surface area contributed by atoms with Gasteiger partial charge in [-0.3, -0.25) is 9.59 Å². The zero-order valence-corrected chi connectivity index (χ0v) is 17.0. The zero-order valence-electron chi connectivity index (χ0n) is 16.3. The highest BCUT2D eigenvalue weighted by Crippen LogP contribution is 2.20. The highest BCUT2D eigenvalue weighted by atomic mass is 35.5. The minimum atomic E-state index is -0.632. The number of hydrogen-bond acceptors (Lipinski definition) is 5. The number of carbonyl (C=O) groups excluding carboxylic acids is 2. The van der Waals surface area contributed by atoms with Gasteiger partial charge in [0.15, 0.2) is 6.61 Å². The van der Waals surface area contributed by atoms with Crippen LogP contribution in [0, 0.1) is 11.7 Å². The number of hydrogen-bond donors (Lipinski definition) is 2. The zero-order chi connectivity index (χ0) is 21.4. The first-order chi connectivity index (χ1) is 13.7. The van der Waals surface area contributed by atoms with E-state index in [4.69, 9.17) is 20.9 Å². The minimum Gasteiger partial charge on any atom is -0.484 e. The van der Waals surface area contributed by atoms with Crippen LogP contribution in [-0.4, -0.2) is 30.1 Å². The van der Waals surface area contributed by atoms with E-state index in [0.29, 0.717) is 18.0 Å². The topological polar surface area (TPSA) is 93.5 Å². The Balaban J connectivity index is 1.68. The molecule has 0 aliphatic rings. The van der Waals surface area contributed by atoms with Crippen LogP contribution in [0.4, 0.5) is 4.39 Å². The lowest BCUT2D eigenvalue weighted by atomic mass is 10.1. The molecule has 9 heteroatoms. The average molecular weight is 424 g/mol. The lowest BCUT2D eigenvalue weighted by Crippen LogP contribution is -2.30. The van der Waals surface area contributed by atoms with E-state index in [1.54, 1.807) is 6.07 Å². The number of halogens is 2. The van der Waals surface area contributed by atoms with Crippen molar-refractivity contribution in [2.45, 2.75) is 26.7 Å². The fourth-order valence-corrected chi connectivity index (χ4v) is 2.48. The molecule has 0 fully saturated rings. The Morgan fingerprint density at radius 1 is 1.34 bits per heavy atom. The number of carbonyl (C=O) groups is 2. The SMILES string of the molecule is C=C(CCNC(=O)c1cc(CC(C)C)no1)NC(=O)COc1ccc(Cl)c(F)c1. The minimum absolute atomic E-state index is 0.0290. The summed E-state index contributed by atoms with van der Waals surface area (Å²) in [4.78, 5) is 23.9. The van der Waals surface area contributed by atoms with E-state index in [0.717, 1.165) is 18.2 Å². The van der Waals surface area contributed by atoms with Gasteiger partial charge >= 0.3 is 0 Å². The molecule has 0 saturated heterocycles. The highest BCUT2D eigenvalue weighted by molar-refractivity contribution is 6.30. The predicted octanol–water partition coefficient (Wildman–Crippen LogP) is 3.49. The van der Waals surface area contributed by atoms with Gasteiger partial charge in [-0.1, -0.05) is 37.2 Å². The standard InChI is InChI=1S/C20H23ClFN3O4/c1-12(2)8-14-9-18(29-25-14)20(27)23-7-6-13(3)24-19(26)11-28-15-4-5-16(21)17(22)10-15/h4-5,9-10,12H,3,6-8,11H2,1-2H3,(H,23,27)(H,24,26). The van der Waals surface area contributed by atoms with Gasteiger partial charge in [0.1, 0.15) is 11.6 Å². The molecule has 2 rings (SSSR count). The van der Waals surface area contributed by atoms with Crippen molar-refractivity contribution < 1.29 is 23.2 Å². The third kappa shape index (κ3) is 7.57. The molecule has 7 nitrogen and oxygen atoms in total. The molecule has 1 aromatic carbocycles. The molecule has 2 aromatic rings. The van der Waals surface area contributed by atoms with Gasteiger partial charge < -0.3 is 19.9 Å². The summed E-state index contributed by atoms with van der Waals surface area (Å²) in [5.41, 5.74) is 1.13. The van der Waals surface area contributed by atoms with Gasteiger partial charge in [0, 0.05) is 30.8 Å². The van der Waals surface area contributed by atoms with E-state index in [1.807, 2.05) is 13.8 Å². The molecule has 29 heavy (non-hydrogen) atoms. The quantitative estimate of drug-likeness (QED) is 0.610. The highest BCUT2D eigenvalue weighted by Gasteiger charge is 2.13. The van der Waals surface area contributed by atoms with E-state index in [-0.39, 0.29) is 35.6 Å². The first-order valence-electron chi connectivity index (χ1n) is 9.04. The molecule has 156 valence electrons. The van der Waals surface area contributed by atoms with Gasteiger partial charge in [-0.15, -0.1) is 0 Å². The number of nitrogens with zero attached hydrogens (tertiary/aromatic N) is 1. The molecule has 0 unspecified atom stereocenters. The van der Waals surface area contributed by atoms with Crippen LogP contribution in [0.15, 0.2) is 41.1 Å². The van der Waals surface area contributed by atoms with Gasteiger partial charge in [-0.25, -0.2) is 4.39 Å². The van der Waals surface area contributed by atoms with Crippen molar-refractivity contribution >= 4 is 23.4 Å². The molecule has 2 N–H and O–H groups in total. The molecule has 0 aliphatic carbocycles. The van der Waals surface area contributed by atoms with Crippen LogP contribution < -0.4 is 15.4 Å². The van der Waals surface area contributed by atoms with Gasteiger partial charge in [-0.05, 0) is 24.5 Å². The van der Waals surface area contributed by atoms with Gasteiger partial charge in [-0.2, -0.15) is 0 Å². The number of aromatic nitrogens is 1. The molecular weight excluding hydrogens is 401 g/mol. The van der Waals surface area contributed by atoms with Crippen LogP contribution in [0.1, 0.15) is 36.5 Å². The first-order valence-corrected chi connectivity index (χ1v) is 9.41. The molecule has 1 aromatic heterocycles. The summed E-state index contributed by atoms with van der Waals surface area (Å²) in [6.07, 6.45) is 1.05. The first kappa shape index (κ1) is 22.4. The summed E-state index contributed by atoms with van der Waals surface area (Å²) >= 11 is 5.58. The van der Waals surface area contributed by atoms with E-state index in [9.17, 15) is 14.0 Å². The number of ether oxygens (including phenoxy) is 1. The summed E-state index contributed by atoms with van der Waals surface area (Å²) in [6.45, 7) is 7.76. The van der Waals surface area contributed by atoms with E-state index in [1.165, 1.54) is 12.1 Å². The van der Waals surface area contributed by atoms with Crippen LogP contribution in [0.2, 0.25) is 5.02 Å². The molecule has 0 aliphatic heterocycles. The van der Waals surface area contributed by atoms with Gasteiger partial charge in [0.25, 0.3) is 11.8 Å². The molecule has 0 atom stereocenters. The second-order valence-corrected chi connectivity index (χ2v) is 7.21. The van der Waals surface area contributed by atoms with Crippen LogP contribution in [-0.2, 0) is 11.2 Å². The third-order valence-electron chi connectivity index (χ3n) is 3.69. The van der Waals surface area contributed by atoms with Crippen LogP contribution in [0.3, 0.4) is 0 Å². The molecule has 0 spiro atoms. The van der Waals surface area contributed by atoms with Crippen LogP contribution >= 0.6 is 11.6 Å². The largest absolute Gasteiger partial charge is 0.484 e. The Morgan fingerprint density at radius 3 is 2.79 bits per heavy atom. The Morgan fingerprint density at radius 2 is 2.10 bits per heavy atom. The van der Waals surface area contributed by atoms with Crippen molar-refractivity contribution in [2.24, 2.45) is 5.92 Å². The summed E-state index contributed by atoms with van der Waals surface area (Å²) < 4.78 is 23.6. The maximum Gasteiger partial charge on any atom is 0.289 e. The molecule has 0 bridgehead atoms. The number of nitrogens with one attached hydrogen (secondary N) is 2. The third-order valence-corrected chi connectivity index (χ3v) is 4.00. The monoisotopic (exact) mass is 423 g/mol. The van der Waals surface area contributed by atoms with E-state index in [2.05, 4.69) is 22.4 Å². The smallest absolute Gasteiger partial charge is 0.289 e. The second-order valence-electron chi connectivity index (χ2n) is 6.80. The van der Waals surface area contributed by atoms with Gasteiger partial charge in [0.05, 0.1) is 10.7 Å². The number of rotatable bonds is 10. The maximum absolute atomic E-state index is 13.3. The Hall–Kier alpha value is -2.87. The Kier molecular flexibility index (Phi) is 8.21. The van der Waals surface area contributed by atoms with E-state index >= 15 is 0 Å². The van der Waals surface area contributed by atoms with Crippen LogP contribution in [0.25, 0.3) is 0 Å². The summed E-state index contributed by atoms with van der Waals surface area (Å²) in [6, 6.07) is 5.50. The molecule has 0 radical (unpaired) electrons. The Bertz CT molecular complexity index is 882. The number of amides is 2. The normalized spacial score (nSPS) is 10.7. The summed E-state index contributed by atoms with van der Waals surface area (Å²) in [5, 5.41) is 9.05. The summed E-state index contributed by atoms with van der Waals surface area (Å²) in [5.74, 6) is -0.744. The lowest BCUT2D eigenvalue weighted by molar-refractivity contribution is -0.122. The van der Waals surface area contributed by atoms with E-state index < -0.39 is 11.7 Å². The lowest BCUT2D eigenvalue weighted by Gasteiger charge is -2.10. The van der Waals surface area contributed by atoms with Crippen molar-refractivity contribution in [1.82, 2.24) is 15.8 Å². The Labute approximate surface area is 173 Å². The molecule has 0 saturated carbocycles. The molecular formula is C20H23ClFN3O4. The number of benzene rings is 1. The van der Waals surface area contributed by atoms with Crippen LogP contribution in [0.5, 0.6) is 5.75 Å². The fourth-order valence-electron chi connectivity index (χ4n) is 2.36. The average Bonchev–Trinajstić information content (AvgIpc) is 3.10. The van der Waals surface area contributed by atoms with Crippen molar-refractivity contribution in [3.8, 4) is 5.75 Å². The summed E-state index contributed by atoms with van der Waals surface area (Å²) in [7, 11) is 0.